The average molecular weight is 218 g/mol. The molecule has 0 aliphatic rings. The molecule has 0 bridgehead atoms. The molecule has 0 radical (unpaired) electrons. The molecule has 0 saturated heterocycles. The lowest BCUT2D eigenvalue weighted by Gasteiger charge is -2.12. The van der Waals surface area contributed by atoms with Crippen molar-refractivity contribution in [2.45, 2.75) is 13.3 Å². The Morgan fingerprint density at radius 3 is 2.64 bits per heavy atom. The van der Waals surface area contributed by atoms with Crippen LogP contribution in [0.2, 0.25) is 0 Å². The number of nitrogens with one attached hydrogen (secondary N) is 1. The molecule has 0 heterocycles. The van der Waals surface area contributed by atoms with Gasteiger partial charge in [-0.15, -0.1) is 0 Å². The van der Waals surface area contributed by atoms with Crippen LogP contribution in [-0.4, -0.2) is 50.0 Å². The van der Waals surface area contributed by atoms with Crippen LogP contribution < -0.4 is 5.32 Å². The first-order chi connectivity index (χ1) is 6.57. The summed E-state index contributed by atoms with van der Waals surface area (Å²) < 4.78 is 0. The number of hydrogen-bond donors (Lipinski definition) is 1. The molecule has 1 amide bonds. The number of rotatable bonds is 7. The molecule has 4 heteroatoms. The van der Waals surface area contributed by atoms with Gasteiger partial charge in [0.1, 0.15) is 0 Å². The van der Waals surface area contributed by atoms with E-state index in [4.69, 9.17) is 0 Å². The second-order valence-corrected chi connectivity index (χ2v) is 4.71. The third-order valence-electron chi connectivity index (χ3n) is 1.96. The zero-order chi connectivity index (χ0) is 11.0. The Hall–Kier alpha value is -0.220. The minimum Gasteiger partial charge on any atom is -0.349 e. The molecule has 0 fully saturated rings. The number of nitrogens with zero attached hydrogens (tertiary/aromatic N) is 1. The highest BCUT2D eigenvalue weighted by Gasteiger charge is 2.04. The monoisotopic (exact) mass is 218 g/mol. The van der Waals surface area contributed by atoms with Crippen LogP contribution >= 0.6 is 11.8 Å². The maximum absolute atomic E-state index is 11.2. The van der Waals surface area contributed by atoms with E-state index >= 15 is 0 Å². The highest BCUT2D eigenvalue weighted by molar-refractivity contribution is 7.98. The maximum Gasteiger partial charge on any atom is 0.223 e. The predicted molar refractivity (Wildman–Crippen MR) is 63.7 cm³/mol. The summed E-state index contributed by atoms with van der Waals surface area (Å²) in [6, 6.07) is 0. The Kier molecular flexibility index (Phi) is 7.99. The second-order valence-electron chi connectivity index (χ2n) is 3.80. The lowest BCUT2D eigenvalue weighted by molar-refractivity contribution is -0.128. The van der Waals surface area contributed by atoms with Crippen LogP contribution in [0.4, 0.5) is 0 Å². The fourth-order valence-corrected chi connectivity index (χ4v) is 1.80. The van der Waals surface area contributed by atoms with Crippen molar-refractivity contribution in [3.63, 3.8) is 0 Å². The van der Waals surface area contributed by atoms with Gasteiger partial charge in [0.15, 0.2) is 0 Å². The van der Waals surface area contributed by atoms with E-state index in [0.29, 0.717) is 12.3 Å². The van der Waals surface area contributed by atoms with E-state index in [2.05, 4.69) is 18.5 Å². The second kappa shape index (κ2) is 8.12. The summed E-state index contributed by atoms with van der Waals surface area (Å²) in [5.74, 6) is 2.05. The summed E-state index contributed by atoms with van der Waals surface area (Å²) in [5, 5.41) is 3.29. The van der Waals surface area contributed by atoms with Crippen molar-refractivity contribution in [3.05, 3.63) is 0 Å². The van der Waals surface area contributed by atoms with Gasteiger partial charge in [-0.2, -0.15) is 11.8 Å². The van der Waals surface area contributed by atoms with Gasteiger partial charge in [-0.1, -0.05) is 6.92 Å². The summed E-state index contributed by atoms with van der Waals surface area (Å²) in [5.41, 5.74) is 0. The highest BCUT2D eigenvalue weighted by atomic mass is 32.2. The van der Waals surface area contributed by atoms with Crippen LogP contribution in [0.1, 0.15) is 13.3 Å². The fourth-order valence-electron chi connectivity index (χ4n) is 1.11. The normalized spacial score (nSPS) is 12.6. The van der Waals surface area contributed by atoms with E-state index in [0.717, 1.165) is 13.1 Å². The van der Waals surface area contributed by atoms with Gasteiger partial charge >= 0.3 is 0 Å². The standard InChI is InChI=1S/C10H22N2OS/c1-9(8-14-4)7-11-6-5-10(13)12(2)3/h9,11H,5-8H2,1-4H3. The van der Waals surface area contributed by atoms with Gasteiger partial charge < -0.3 is 10.2 Å². The Bertz CT molecular complexity index is 162. The van der Waals surface area contributed by atoms with E-state index in [1.165, 1.54) is 5.75 Å². The van der Waals surface area contributed by atoms with Crippen LogP contribution in [0, 0.1) is 5.92 Å². The molecule has 1 unspecified atom stereocenters. The van der Waals surface area contributed by atoms with Crippen LogP contribution in [0.5, 0.6) is 0 Å². The van der Waals surface area contributed by atoms with E-state index in [1.54, 1.807) is 19.0 Å². The molecule has 0 aromatic carbocycles. The van der Waals surface area contributed by atoms with Gasteiger partial charge in [-0.25, -0.2) is 0 Å². The zero-order valence-electron chi connectivity index (χ0n) is 9.67. The van der Waals surface area contributed by atoms with Gasteiger partial charge in [0.05, 0.1) is 0 Å². The minimum atomic E-state index is 0.190. The summed E-state index contributed by atoms with van der Waals surface area (Å²) >= 11 is 1.86. The first-order valence-electron chi connectivity index (χ1n) is 4.97. The minimum absolute atomic E-state index is 0.190. The first kappa shape index (κ1) is 13.8. The molecule has 1 N–H and O–H groups in total. The fraction of sp³-hybridized carbons (Fsp3) is 0.900. The van der Waals surface area contributed by atoms with E-state index in [9.17, 15) is 4.79 Å². The highest BCUT2D eigenvalue weighted by Crippen LogP contribution is 2.02. The molecule has 84 valence electrons. The Morgan fingerprint density at radius 2 is 2.14 bits per heavy atom. The summed E-state index contributed by atoms with van der Waals surface area (Å²) in [4.78, 5) is 12.8. The largest absolute Gasteiger partial charge is 0.349 e. The van der Waals surface area contributed by atoms with Gasteiger partial charge in [-0.05, 0) is 24.5 Å². The summed E-state index contributed by atoms with van der Waals surface area (Å²) in [7, 11) is 3.58. The first-order valence-corrected chi connectivity index (χ1v) is 6.37. The van der Waals surface area contributed by atoms with E-state index < -0.39 is 0 Å². The number of carbonyl (C=O) groups is 1. The van der Waals surface area contributed by atoms with Gasteiger partial charge in [0.2, 0.25) is 5.91 Å². The topological polar surface area (TPSA) is 32.3 Å². The smallest absolute Gasteiger partial charge is 0.223 e. The van der Waals surface area contributed by atoms with Crippen LogP contribution in [0.3, 0.4) is 0 Å². The van der Waals surface area contributed by atoms with E-state index in [-0.39, 0.29) is 5.91 Å². The number of amides is 1. The van der Waals surface area contributed by atoms with E-state index in [1.807, 2.05) is 11.8 Å². The molecule has 1 atom stereocenters. The molecule has 14 heavy (non-hydrogen) atoms. The number of thioether (sulfide) groups is 1. The van der Waals surface area contributed by atoms with Crippen LogP contribution in [0.25, 0.3) is 0 Å². The third-order valence-corrected chi connectivity index (χ3v) is 2.86. The van der Waals surface area contributed by atoms with Crippen LogP contribution in [0.15, 0.2) is 0 Å². The number of hydrogen-bond acceptors (Lipinski definition) is 3. The van der Waals surface area contributed by atoms with Crippen molar-refractivity contribution in [1.82, 2.24) is 10.2 Å². The van der Waals surface area contributed by atoms with Crippen molar-refractivity contribution >= 4 is 17.7 Å². The quantitative estimate of drug-likeness (QED) is 0.648. The molecule has 0 spiro atoms. The summed E-state index contributed by atoms with van der Waals surface area (Å²) in [6.07, 6.45) is 2.71. The van der Waals surface area contributed by atoms with Crippen molar-refractivity contribution in [2.75, 3.05) is 39.2 Å². The molecular formula is C10H22N2OS. The van der Waals surface area contributed by atoms with Crippen molar-refractivity contribution in [2.24, 2.45) is 5.92 Å². The van der Waals surface area contributed by atoms with Crippen LogP contribution in [-0.2, 0) is 4.79 Å². The van der Waals surface area contributed by atoms with Crippen molar-refractivity contribution < 1.29 is 4.79 Å². The Labute approximate surface area is 91.6 Å². The average Bonchev–Trinajstić information content (AvgIpc) is 2.12. The lowest BCUT2D eigenvalue weighted by Crippen LogP contribution is -2.29. The molecule has 0 saturated carbocycles. The molecule has 0 aliphatic carbocycles. The Morgan fingerprint density at radius 1 is 1.50 bits per heavy atom. The van der Waals surface area contributed by atoms with Crippen molar-refractivity contribution in [3.8, 4) is 0 Å². The van der Waals surface area contributed by atoms with Crippen molar-refractivity contribution in [1.29, 1.82) is 0 Å². The maximum atomic E-state index is 11.2. The Balaban J connectivity index is 3.33. The zero-order valence-corrected chi connectivity index (χ0v) is 10.5. The predicted octanol–water partition coefficient (Wildman–Crippen LogP) is 1.05. The number of carbonyl (C=O) groups excluding carboxylic acids is 1. The summed E-state index contributed by atoms with van der Waals surface area (Å²) in [6.45, 7) is 4.01. The third kappa shape index (κ3) is 7.21. The lowest BCUT2D eigenvalue weighted by atomic mass is 10.2. The molecular weight excluding hydrogens is 196 g/mol. The molecule has 0 aliphatic heterocycles. The molecule has 0 aromatic heterocycles. The molecule has 0 rings (SSSR count). The van der Waals surface area contributed by atoms with Gasteiger partial charge in [0, 0.05) is 27.1 Å². The van der Waals surface area contributed by atoms with Gasteiger partial charge in [-0.3, -0.25) is 4.79 Å². The van der Waals surface area contributed by atoms with Gasteiger partial charge in [0.25, 0.3) is 0 Å². The molecule has 3 nitrogen and oxygen atoms in total. The SMILES string of the molecule is CSCC(C)CNCCC(=O)N(C)C. The molecule has 0 aromatic rings.